The van der Waals surface area contributed by atoms with E-state index >= 15 is 0 Å². The maximum Gasteiger partial charge on any atom is 0.306 e. The van der Waals surface area contributed by atoms with Crippen LogP contribution >= 0.6 is 0 Å². The number of allylic oxidation sites excluding steroid dienone is 32. The molecule has 0 saturated carbocycles. The van der Waals surface area contributed by atoms with E-state index in [1.807, 2.05) is 0 Å². The van der Waals surface area contributed by atoms with E-state index in [0.717, 1.165) is 141 Å². The summed E-state index contributed by atoms with van der Waals surface area (Å²) in [6.45, 7) is 3.91. The van der Waals surface area contributed by atoms with Crippen LogP contribution < -0.4 is 0 Å². The zero-order chi connectivity index (χ0) is 63.3. The summed E-state index contributed by atoms with van der Waals surface area (Å²) < 4.78 is 10.8. The Kier molecular flexibility index (Phi) is 71.4. The van der Waals surface area contributed by atoms with Gasteiger partial charge in [-0.1, -0.05) is 337 Å². The summed E-state index contributed by atoms with van der Waals surface area (Å²) in [4.78, 5) is 24.7. The van der Waals surface area contributed by atoms with Gasteiger partial charge in [-0.05, 0) is 141 Å². The Hall–Kier alpha value is -5.26. The minimum absolute atomic E-state index is 0.0770. The van der Waals surface area contributed by atoms with Crippen LogP contribution in [0.3, 0.4) is 0 Å². The molecule has 1 N–H and O–H groups in total. The molecule has 0 aromatic heterocycles. The topological polar surface area (TPSA) is 72.8 Å². The Labute approximate surface area is 543 Å². The van der Waals surface area contributed by atoms with Gasteiger partial charge in [-0.3, -0.25) is 9.59 Å². The highest BCUT2D eigenvalue weighted by Crippen LogP contribution is 2.16. The number of hydrogen-bond acceptors (Lipinski definition) is 5. The quantitative estimate of drug-likeness (QED) is 0.0373. The van der Waals surface area contributed by atoms with Gasteiger partial charge in [0, 0.05) is 12.8 Å². The summed E-state index contributed by atoms with van der Waals surface area (Å²) in [7, 11) is 0. The molecule has 88 heavy (non-hydrogen) atoms. The van der Waals surface area contributed by atoms with Gasteiger partial charge in [0.25, 0.3) is 0 Å². The largest absolute Gasteiger partial charge is 0.462 e. The van der Waals surface area contributed by atoms with Crippen LogP contribution in [0.2, 0.25) is 0 Å². The van der Waals surface area contributed by atoms with Crippen molar-refractivity contribution in [2.75, 3.05) is 13.2 Å². The van der Waals surface area contributed by atoms with E-state index in [-0.39, 0.29) is 25.2 Å². The van der Waals surface area contributed by atoms with E-state index in [9.17, 15) is 14.7 Å². The number of aliphatic hydroxyl groups excluding tert-OH is 1. The summed E-state index contributed by atoms with van der Waals surface area (Å²) in [5.74, 6) is -0.600. The van der Waals surface area contributed by atoms with Gasteiger partial charge < -0.3 is 14.6 Å². The average molecular weight is 1210 g/mol. The van der Waals surface area contributed by atoms with Crippen molar-refractivity contribution in [3.8, 4) is 0 Å². The molecule has 0 fully saturated rings. The second-order valence-electron chi connectivity index (χ2n) is 23.2. The van der Waals surface area contributed by atoms with Crippen molar-refractivity contribution < 1.29 is 24.2 Å². The molecule has 0 aliphatic carbocycles. The molecule has 0 heterocycles. The lowest BCUT2D eigenvalue weighted by Crippen LogP contribution is -2.28. The first kappa shape index (κ1) is 82.7. The zero-order valence-electron chi connectivity index (χ0n) is 56.7. The number of carbonyl (C=O) groups is 2. The standard InChI is InChI=1S/C83H132O5/c1-3-5-7-9-11-13-15-17-19-21-23-25-27-29-31-33-35-37-39-41-43-45-47-49-51-53-55-57-59-61-63-65-67-69-71-73-75-77-82(85)87-80-81(79-84)88-83(86)78-76-74-72-70-68-66-64-62-60-58-56-54-52-50-48-46-44-42-40-38-36-34-32-30-28-26-24-22-20-18-16-14-12-10-8-6-4-2/h5-8,11-14,17-20,23-26,29-32,35-38,41-44,47-50,81,84H,3-4,9-10,15-16,21-22,27-28,33-34,39-40,45-46,51-80H2,1-2H3/b7-5-,8-6-,13-11-,14-12-,19-17-,20-18-,25-23-,26-24-,31-29-,32-30-,37-35-,38-36-,43-41-,44-42-,49-47-,50-48-. The van der Waals surface area contributed by atoms with Crippen molar-refractivity contribution in [3.05, 3.63) is 194 Å². The second kappa shape index (κ2) is 76.0. The van der Waals surface area contributed by atoms with E-state index in [1.165, 1.54) is 128 Å². The molecular formula is C83H132O5. The molecule has 0 amide bonds. The normalized spacial score (nSPS) is 13.4. The molecule has 0 aromatic carbocycles. The predicted molar refractivity (Wildman–Crippen MR) is 389 cm³/mol. The van der Waals surface area contributed by atoms with Gasteiger partial charge in [0.2, 0.25) is 0 Å². The van der Waals surface area contributed by atoms with Crippen molar-refractivity contribution >= 4 is 11.9 Å². The van der Waals surface area contributed by atoms with Gasteiger partial charge in [-0.15, -0.1) is 0 Å². The Bertz CT molecular complexity index is 2000. The first-order valence-electron chi connectivity index (χ1n) is 36.0. The lowest BCUT2D eigenvalue weighted by molar-refractivity contribution is -0.161. The molecule has 0 bridgehead atoms. The van der Waals surface area contributed by atoms with Gasteiger partial charge in [0.1, 0.15) is 6.61 Å². The van der Waals surface area contributed by atoms with Gasteiger partial charge >= 0.3 is 11.9 Å². The van der Waals surface area contributed by atoms with Crippen LogP contribution in [-0.4, -0.2) is 36.4 Å². The minimum Gasteiger partial charge on any atom is -0.462 e. The predicted octanol–water partition coefficient (Wildman–Crippen LogP) is 25.5. The van der Waals surface area contributed by atoms with Crippen LogP contribution in [0.25, 0.3) is 0 Å². The highest BCUT2D eigenvalue weighted by Gasteiger charge is 2.16. The van der Waals surface area contributed by atoms with Gasteiger partial charge in [-0.25, -0.2) is 0 Å². The van der Waals surface area contributed by atoms with Crippen LogP contribution in [-0.2, 0) is 19.1 Å². The Balaban J connectivity index is 3.55. The third-order valence-corrected chi connectivity index (χ3v) is 14.9. The molecule has 494 valence electrons. The molecule has 0 radical (unpaired) electrons. The average Bonchev–Trinajstić information content (AvgIpc) is 3.55. The number of unbranched alkanes of at least 4 members (excludes halogenated alkanes) is 24. The summed E-state index contributed by atoms with van der Waals surface area (Å²) in [6.07, 6.45) is 120. The lowest BCUT2D eigenvalue weighted by Gasteiger charge is -2.15. The smallest absolute Gasteiger partial charge is 0.306 e. The SMILES string of the molecule is CC/C=C\C/C=C\C/C=C\C/C=C\C/C=C\C/C=C\C/C=C\C/C=C\CCCCCCCCCCCCCCC(=O)OCC(CO)OC(=O)CCCCCCCCCCCCCC/C=C\C/C=C\C/C=C\C/C=C\C/C=C\C/C=C\C/C=C\C/C=C\CC. The molecule has 5 heteroatoms. The van der Waals surface area contributed by atoms with Crippen LogP contribution in [0.4, 0.5) is 0 Å². The summed E-state index contributed by atoms with van der Waals surface area (Å²) >= 11 is 0. The molecule has 0 saturated heterocycles. The van der Waals surface area contributed by atoms with Crippen molar-refractivity contribution in [1.82, 2.24) is 0 Å². The summed E-state index contributed by atoms with van der Waals surface area (Å²) in [6, 6.07) is 0. The van der Waals surface area contributed by atoms with Crippen LogP contribution in [0.1, 0.15) is 296 Å². The minimum atomic E-state index is -0.789. The van der Waals surface area contributed by atoms with E-state index < -0.39 is 6.10 Å². The Morgan fingerprint density at radius 1 is 0.261 bits per heavy atom. The fourth-order valence-corrected chi connectivity index (χ4v) is 9.59. The summed E-state index contributed by atoms with van der Waals surface area (Å²) in [5, 5.41) is 9.71. The Morgan fingerprint density at radius 2 is 0.455 bits per heavy atom. The van der Waals surface area contributed by atoms with Crippen LogP contribution in [0.5, 0.6) is 0 Å². The number of esters is 2. The number of hydrogen-bond donors (Lipinski definition) is 1. The van der Waals surface area contributed by atoms with Crippen molar-refractivity contribution in [3.63, 3.8) is 0 Å². The van der Waals surface area contributed by atoms with Crippen molar-refractivity contribution in [2.24, 2.45) is 0 Å². The van der Waals surface area contributed by atoms with Crippen molar-refractivity contribution in [2.45, 2.75) is 302 Å². The molecule has 0 aliphatic heterocycles. The molecule has 1 atom stereocenters. The van der Waals surface area contributed by atoms with Crippen LogP contribution in [0, 0.1) is 0 Å². The van der Waals surface area contributed by atoms with E-state index in [0.29, 0.717) is 12.8 Å². The number of rotatable bonds is 64. The molecule has 5 nitrogen and oxygen atoms in total. The number of ether oxygens (including phenoxy) is 2. The highest BCUT2D eigenvalue weighted by atomic mass is 16.6. The van der Waals surface area contributed by atoms with Gasteiger partial charge in [-0.2, -0.15) is 0 Å². The molecule has 0 aromatic rings. The fourth-order valence-electron chi connectivity index (χ4n) is 9.59. The van der Waals surface area contributed by atoms with Gasteiger partial charge in [0.15, 0.2) is 6.10 Å². The maximum atomic E-state index is 12.4. The second-order valence-corrected chi connectivity index (χ2v) is 23.2. The molecule has 0 aliphatic rings. The zero-order valence-corrected chi connectivity index (χ0v) is 56.7. The molecule has 1 unspecified atom stereocenters. The first-order chi connectivity index (χ1) is 43.6. The molecular weight excluding hydrogens is 1080 g/mol. The highest BCUT2D eigenvalue weighted by molar-refractivity contribution is 5.70. The Morgan fingerprint density at radius 3 is 0.682 bits per heavy atom. The number of aliphatic hydroxyl groups is 1. The van der Waals surface area contributed by atoms with E-state index in [1.54, 1.807) is 0 Å². The number of carbonyl (C=O) groups excluding carboxylic acids is 2. The van der Waals surface area contributed by atoms with Gasteiger partial charge in [0.05, 0.1) is 6.61 Å². The molecule has 0 spiro atoms. The summed E-state index contributed by atoms with van der Waals surface area (Å²) in [5.41, 5.74) is 0. The fraction of sp³-hybridized carbons (Fsp3) is 0.590. The monoisotopic (exact) mass is 1210 g/mol. The molecule has 0 rings (SSSR count). The maximum absolute atomic E-state index is 12.4. The third-order valence-electron chi connectivity index (χ3n) is 14.9. The first-order valence-corrected chi connectivity index (χ1v) is 36.0. The van der Waals surface area contributed by atoms with Crippen molar-refractivity contribution in [1.29, 1.82) is 0 Å². The lowest BCUT2D eigenvalue weighted by atomic mass is 10.0. The van der Waals surface area contributed by atoms with Crippen LogP contribution in [0.15, 0.2) is 194 Å². The van der Waals surface area contributed by atoms with E-state index in [4.69, 9.17) is 9.47 Å². The van der Waals surface area contributed by atoms with E-state index in [2.05, 4.69) is 208 Å². The third kappa shape index (κ3) is 73.2.